The van der Waals surface area contributed by atoms with Gasteiger partial charge < -0.3 is 4.79 Å². The number of nitrogens with zero attached hydrogens (tertiary/aromatic N) is 2. The van der Waals surface area contributed by atoms with Gasteiger partial charge in [0, 0.05) is 7.05 Å². The Bertz CT molecular complexity index is 715. The number of aldehydes is 1. The normalized spacial score (nSPS) is 10.7. The van der Waals surface area contributed by atoms with Crippen molar-refractivity contribution < 1.29 is 9.18 Å². The minimum atomic E-state index is -0.709. The first-order valence-corrected chi connectivity index (χ1v) is 4.89. The van der Waals surface area contributed by atoms with Gasteiger partial charge in [-0.1, -0.05) is 6.07 Å². The van der Waals surface area contributed by atoms with Crippen LogP contribution < -0.4 is 11.2 Å². The fourth-order valence-electron chi connectivity index (χ4n) is 1.77. The van der Waals surface area contributed by atoms with Gasteiger partial charge in [0.15, 0.2) is 0 Å². The van der Waals surface area contributed by atoms with E-state index in [1.165, 1.54) is 25.2 Å². The standard InChI is InChI=1S/C11H9FN2O3/c1-13-9-7(3-2-4-8(9)12)10(16)14(5-6-15)11(13)17/h2-4,6H,5H2,1H3. The molecule has 88 valence electrons. The number of carbonyl (C=O) groups excluding carboxylic acids is 1. The first kappa shape index (κ1) is 11.3. The molecule has 2 aromatic rings. The van der Waals surface area contributed by atoms with Crippen molar-refractivity contribution in [3.63, 3.8) is 0 Å². The van der Waals surface area contributed by atoms with Gasteiger partial charge in [-0.05, 0) is 12.1 Å². The average molecular weight is 236 g/mol. The highest BCUT2D eigenvalue weighted by atomic mass is 19.1. The van der Waals surface area contributed by atoms with Crippen molar-refractivity contribution in [3.8, 4) is 0 Å². The lowest BCUT2D eigenvalue weighted by Gasteiger charge is -2.08. The van der Waals surface area contributed by atoms with Crippen LogP contribution in [-0.4, -0.2) is 15.4 Å². The maximum atomic E-state index is 13.5. The Hall–Kier alpha value is -2.24. The van der Waals surface area contributed by atoms with Gasteiger partial charge in [0.1, 0.15) is 12.1 Å². The second-order valence-corrected chi connectivity index (χ2v) is 3.56. The van der Waals surface area contributed by atoms with Crippen molar-refractivity contribution in [3.05, 3.63) is 44.9 Å². The van der Waals surface area contributed by atoms with Crippen molar-refractivity contribution in [1.29, 1.82) is 0 Å². The monoisotopic (exact) mass is 236 g/mol. The van der Waals surface area contributed by atoms with Crippen molar-refractivity contribution in [1.82, 2.24) is 9.13 Å². The summed E-state index contributed by atoms with van der Waals surface area (Å²) >= 11 is 0. The Kier molecular flexibility index (Phi) is 2.63. The van der Waals surface area contributed by atoms with E-state index < -0.39 is 17.1 Å². The summed E-state index contributed by atoms with van der Waals surface area (Å²) in [5.41, 5.74) is -1.42. The van der Waals surface area contributed by atoms with E-state index in [4.69, 9.17) is 0 Å². The molecule has 0 radical (unpaired) electrons. The minimum absolute atomic E-state index is 0.0513. The van der Waals surface area contributed by atoms with Gasteiger partial charge in [0.2, 0.25) is 0 Å². The Morgan fingerprint density at radius 3 is 2.71 bits per heavy atom. The van der Waals surface area contributed by atoms with Crippen LogP contribution in [0, 0.1) is 5.82 Å². The van der Waals surface area contributed by atoms with E-state index in [0.717, 1.165) is 9.13 Å². The third kappa shape index (κ3) is 1.57. The van der Waals surface area contributed by atoms with E-state index in [1.807, 2.05) is 0 Å². The first-order valence-electron chi connectivity index (χ1n) is 4.89. The molecule has 5 nitrogen and oxygen atoms in total. The molecule has 0 N–H and O–H groups in total. The number of benzene rings is 1. The zero-order valence-electron chi connectivity index (χ0n) is 9.01. The number of carbonyl (C=O) groups is 1. The maximum Gasteiger partial charge on any atom is 0.331 e. The summed E-state index contributed by atoms with van der Waals surface area (Å²) in [6.07, 6.45) is 0.452. The Labute approximate surface area is 94.7 Å². The summed E-state index contributed by atoms with van der Waals surface area (Å²) in [7, 11) is 1.36. The molecular weight excluding hydrogens is 227 g/mol. The number of aromatic nitrogens is 2. The van der Waals surface area contributed by atoms with Gasteiger partial charge in [-0.2, -0.15) is 0 Å². The van der Waals surface area contributed by atoms with E-state index in [0.29, 0.717) is 6.29 Å². The Balaban J connectivity index is 3.06. The summed E-state index contributed by atoms with van der Waals surface area (Å²) < 4.78 is 15.3. The topological polar surface area (TPSA) is 61.1 Å². The fraction of sp³-hybridized carbons (Fsp3) is 0.182. The van der Waals surface area contributed by atoms with Crippen LogP contribution in [0.2, 0.25) is 0 Å². The van der Waals surface area contributed by atoms with Crippen LogP contribution in [0.5, 0.6) is 0 Å². The van der Waals surface area contributed by atoms with Gasteiger partial charge >= 0.3 is 5.69 Å². The van der Waals surface area contributed by atoms with Crippen molar-refractivity contribution in [2.75, 3.05) is 0 Å². The molecule has 0 aliphatic heterocycles. The molecule has 2 rings (SSSR count). The number of para-hydroxylation sites is 1. The Morgan fingerprint density at radius 1 is 1.35 bits per heavy atom. The lowest BCUT2D eigenvalue weighted by molar-refractivity contribution is -0.108. The third-order valence-corrected chi connectivity index (χ3v) is 2.57. The average Bonchev–Trinajstić information content (AvgIpc) is 2.31. The number of halogens is 1. The molecule has 1 aromatic carbocycles. The molecule has 0 unspecified atom stereocenters. The van der Waals surface area contributed by atoms with Crippen LogP contribution in [-0.2, 0) is 18.4 Å². The summed E-state index contributed by atoms with van der Waals surface area (Å²) in [5, 5.41) is 0.0777. The van der Waals surface area contributed by atoms with E-state index in [2.05, 4.69) is 0 Å². The van der Waals surface area contributed by atoms with Gasteiger partial charge in [-0.25, -0.2) is 9.18 Å². The summed E-state index contributed by atoms with van der Waals surface area (Å²) in [6, 6.07) is 3.97. The predicted molar refractivity (Wildman–Crippen MR) is 59.5 cm³/mol. The second kappa shape index (κ2) is 3.97. The molecule has 0 amide bonds. The van der Waals surface area contributed by atoms with Crippen molar-refractivity contribution >= 4 is 17.2 Å². The molecule has 0 saturated heterocycles. The maximum absolute atomic E-state index is 13.5. The Morgan fingerprint density at radius 2 is 2.06 bits per heavy atom. The van der Waals surface area contributed by atoms with Crippen molar-refractivity contribution in [2.24, 2.45) is 7.05 Å². The highest BCUT2D eigenvalue weighted by Crippen LogP contribution is 2.11. The lowest BCUT2D eigenvalue weighted by atomic mass is 10.2. The SMILES string of the molecule is Cn1c(=O)n(CC=O)c(=O)c2cccc(F)c21. The molecule has 0 atom stereocenters. The van der Waals surface area contributed by atoms with Crippen LogP contribution in [0.4, 0.5) is 4.39 Å². The molecule has 1 aromatic heterocycles. The lowest BCUT2D eigenvalue weighted by Crippen LogP contribution is -2.39. The summed E-state index contributed by atoms with van der Waals surface area (Å²) in [4.78, 5) is 34.0. The molecule has 6 heteroatoms. The molecule has 0 aliphatic rings. The van der Waals surface area contributed by atoms with Gasteiger partial charge in [-0.15, -0.1) is 0 Å². The zero-order valence-corrected chi connectivity index (χ0v) is 9.01. The van der Waals surface area contributed by atoms with Crippen molar-refractivity contribution in [2.45, 2.75) is 6.54 Å². The van der Waals surface area contributed by atoms with E-state index in [9.17, 15) is 18.8 Å². The molecule has 1 heterocycles. The number of hydrogen-bond donors (Lipinski definition) is 0. The van der Waals surface area contributed by atoms with Crippen LogP contribution in [0.1, 0.15) is 0 Å². The molecule has 0 spiro atoms. The van der Waals surface area contributed by atoms with Crippen LogP contribution >= 0.6 is 0 Å². The number of aryl methyl sites for hydroxylation is 1. The second-order valence-electron chi connectivity index (χ2n) is 3.56. The summed E-state index contributed by atoms with van der Waals surface area (Å²) in [6.45, 7) is -0.335. The largest absolute Gasteiger partial charge is 0.331 e. The molecule has 0 bridgehead atoms. The summed E-state index contributed by atoms with van der Waals surface area (Å²) in [5.74, 6) is -0.641. The molecular formula is C11H9FN2O3. The van der Waals surface area contributed by atoms with Crippen LogP contribution in [0.3, 0.4) is 0 Å². The molecule has 0 fully saturated rings. The molecule has 0 saturated carbocycles. The van der Waals surface area contributed by atoms with E-state index in [1.54, 1.807) is 0 Å². The minimum Gasteiger partial charge on any atom is -0.301 e. The predicted octanol–water partition coefficient (Wildman–Crippen LogP) is 0.0382. The third-order valence-electron chi connectivity index (χ3n) is 2.57. The molecule has 17 heavy (non-hydrogen) atoms. The highest BCUT2D eigenvalue weighted by molar-refractivity contribution is 5.78. The van der Waals surface area contributed by atoms with Gasteiger partial charge in [-0.3, -0.25) is 13.9 Å². The first-order chi connectivity index (χ1) is 8.07. The highest BCUT2D eigenvalue weighted by Gasteiger charge is 2.12. The van der Waals surface area contributed by atoms with Gasteiger partial charge in [0.25, 0.3) is 5.56 Å². The van der Waals surface area contributed by atoms with Crippen LogP contribution in [0.25, 0.3) is 10.9 Å². The van der Waals surface area contributed by atoms with Crippen LogP contribution in [0.15, 0.2) is 27.8 Å². The number of hydrogen-bond acceptors (Lipinski definition) is 3. The van der Waals surface area contributed by atoms with Gasteiger partial charge in [0.05, 0.1) is 17.4 Å². The fourth-order valence-corrected chi connectivity index (χ4v) is 1.77. The number of rotatable bonds is 2. The quantitative estimate of drug-likeness (QED) is 0.691. The van der Waals surface area contributed by atoms with E-state index in [-0.39, 0.29) is 17.4 Å². The smallest absolute Gasteiger partial charge is 0.301 e. The van der Waals surface area contributed by atoms with E-state index >= 15 is 0 Å². The molecule has 0 aliphatic carbocycles. The number of fused-ring (bicyclic) bond motifs is 1. The zero-order chi connectivity index (χ0) is 12.6.